The first kappa shape index (κ1) is 7.53. The Balaban J connectivity index is 2.60. The van der Waals surface area contributed by atoms with E-state index in [1.54, 1.807) is 29.0 Å². The average molecular weight is 177 g/mol. The summed E-state index contributed by atoms with van der Waals surface area (Å²) in [6, 6.07) is 3.51. The van der Waals surface area contributed by atoms with Gasteiger partial charge in [0.25, 0.3) is 0 Å². The fourth-order valence-electron chi connectivity index (χ4n) is 1.03. The number of amidine groups is 1. The monoisotopic (exact) mass is 177 g/mol. The van der Waals surface area contributed by atoms with Crippen molar-refractivity contribution in [3.8, 4) is 0 Å². The van der Waals surface area contributed by atoms with Gasteiger partial charge in [0.2, 0.25) is 0 Å². The zero-order valence-corrected chi connectivity index (χ0v) is 6.62. The van der Waals surface area contributed by atoms with E-state index in [9.17, 15) is 0 Å². The molecular weight excluding hydrogens is 170 g/mol. The van der Waals surface area contributed by atoms with E-state index in [0.29, 0.717) is 5.56 Å². The Labute approximate surface area is 73.3 Å². The van der Waals surface area contributed by atoms with E-state index in [4.69, 9.17) is 10.9 Å². The summed E-state index contributed by atoms with van der Waals surface area (Å²) in [5.41, 5.74) is 6.85. The molecule has 0 saturated carbocycles. The Morgan fingerprint density at radius 2 is 2.38 bits per heavy atom. The molecule has 66 valence electrons. The number of nitrogens with zero attached hydrogens (tertiary/aromatic N) is 4. The maximum absolute atomic E-state index is 8.43. The summed E-state index contributed by atoms with van der Waals surface area (Å²) in [6.07, 6.45) is 3.26. The Hall–Kier alpha value is -2.11. The first-order valence-corrected chi connectivity index (χ1v) is 3.59. The van der Waals surface area contributed by atoms with E-state index >= 15 is 0 Å². The lowest BCUT2D eigenvalue weighted by molar-refractivity contribution is 0.318. The molecule has 13 heavy (non-hydrogen) atoms. The maximum atomic E-state index is 8.43. The van der Waals surface area contributed by atoms with Gasteiger partial charge in [-0.25, -0.2) is 4.52 Å². The summed E-state index contributed by atoms with van der Waals surface area (Å²) in [7, 11) is 0. The molecule has 2 rings (SSSR count). The molecule has 2 heterocycles. The largest absolute Gasteiger partial charge is 0.409 e. The van der Waals surface area contributed by atoms with Crippen LogP contribution in [0, 0.1) is 0 Å². The first-order chi connectivity index (χ1) is 6.31. The number of hydrogen-bond acceptors (Lipinski definition) is 4. The first-order valence-electron chi connectivity index (χ1n) is 3.59. The second kappa shape index (κ2) is 2.74. The highest BCUT2D eigenvalue weighted by Crippen LogP contribution is 2.03. The highest BCUT2D eigenvalue weighted by Gasteiger charge is 2.00. The van der Waals surface area contributed by atoms with Crippen LogP contribution in [0.4, 0.5) is 0 Å². The van der Waals surface area contributed by atoms with Crippen molar-refractivity contribution < 1.29 is 5.21 Å². The van der Waals surface area contributed by atoms with Crippen molar-refractivity contribution in [3.05, 3.63) is 30.1 Å². The van der Waals surface area contributed by atoms with Crippen LogP contribution < -0.4 is 5.73 Å². The number of fused-ring (bicyclic) bond motifs is 1. The van der Waals surface area contributed by atoms with Gasteiger partial charge in [-0.05, 0) is 12.1 Å². The summed E-state index contributed by atoms with van der Waals surface area (Å²) in [5.74, 6) is 0.0531. The Kier molecular flexibility index (Phi) is 1.59. The van der Waals surface area contributed by atoms with E-state index in [1.807, 2.05) is 0 Å². The van der Waals surface area contributed by atoms with Crippen LogP contribution in [0.1, 0.15) is 5.56 Å². The molecule has 0 radical (unpaired) electrons. The molecule has 6 heteroatoms. The van der Waals surface area contributed by atoms with Crippen LogP contribution >= 0.6 is 0 Å². The van der Waals surface area contributed by atoms with Crippen molar-refractivity contribution in [2.24, 2.45) is 10.9 Å². The van der Waals surface area contributed by atoms with Crippen LogP contribution in [0.15, 0.2) is 29.7 Å². The molecule has 0 aliphatic rings. The zero-order chi connectivity index (χ0) is 9.26. The molecule has 0 bridgehead atoms. The van der Waals surface area contributed by atoms with Crippen LogP contribution in [-0.2, 0) is 0 Å². The second-order valence-electron chi connectivity index (χ2n) is 2.51. The average Bonchev–Trinajstić information content (AvgIpc) is 2.63. The Bertz CT molecular complexity index is 461. The Morgan fingerprint density at radius 3 is 3.15 bits per heavy atom. The van der Waals surface area contributed by atoms with E-state index in [-0.39, 0.29) is 5.84 Å². The second-order valence-corrected chi connectivity index (χ2v) is 2.51. The number of oxime groups is 1. The van der Waals surface area contributed by atoms with Crippen LogP contribution in [0.5, 0.6) is 0 Å². The molecule has 0 aliphatic carbocycles. The molecule has 0 amide bonds. The molecule has 0 aliphatic heterocycles. The highest BCUT2D eigenvalue weighted by atomic mass is 16.4. The fourth-order valence-corrected chi connectivity index (χ4v) is 1.03. The highest BCUT2D eigenvalue weighted by molar-refractivity contribution is 5.96. The third-order valence-corrected chi connectivity index (χ3v) is 1.70. The normalized spacial score (nSPS) is 12.2. The van der Waals surface area contributed by atoms with Gasteiger partial charge in [0, 0.05) is 11.8 Å². The molecule has 6 nitrogen and oxygen atoms in total. The van der Waals surface area contributed by atoms with Crippen molar-refractivity contribution in [1.29, 1.82) is 0 Å². The molecule has 2 aromatic heterocycles. The van der Waals surface area contributed by atoms with Gasteiger partial charge < -0.3 is 10.9 Å². The standard InChI is InChI=1S/C7H7N5O/c8-7(10-13)5-1-2-6-3-9-11-12(6)4-5/h1-4,13H,(H2,8,10). The summed E-state index contributed by atoms with van der Waals surface area (Å²) >= 11 is 0. The molecule has 0 atom stereocenters. The molecule has 0 aromatic carbocycles. The quantitative estimate of drug-likeness (QED) is 0.274. The minimum absolute atomic E-state index is 0.0531. The molecule has 0 saturated heterocycles. The van der Waals surface area contributed by atoms with Gasteiger partial charge in [-0.3, -0.25) is 0 Å². The van der Waals surface area contributed by atoms with Crippen LogP contribution in [-0.4, -0.2) is 25.9 Å². The van der Waals surface area contributed by atoms with Gasteiger partial charge in [0.1, 0.15) is 0 Å². The zero-order valence-electron chi connectivity index (χ0n) is 6.62. The molecular formula is C7H7N5O. The van der Waals surface area contributed by atoms with E-state index < -0.39 is 0 Å². The molecule has 3 N–H and O–H groups in total. The lowest BCUT2D eigenvalue weighted by Crippen LogP contribution is -2.13. The van der Waals surface area contributed by atoms with Crippen molar-refractivity contribution in [2.45, 2.75) is 0 Å². The maximum Gasteiger partial charge on any atom is 0.171 e. The molecule has 0 fully saturated rings. The van der Waals surface area contributed by atoms with Gasteiger partial charge in [-0.15, -0.1) is 5.10 Å². The molecule has 0 unspecified atom stereocenters. The Morgan fingerprint density at radius 1 is 1.54 bits per heavy atom. The van der Waals surface area contributed by atoms with E-state index in [1.165, 1.54) is 0 Å². The van der Waals surface area contributed by atoms with Gasteiger partial charge in [0.15, 0.2) is 5.84 Å². The SMILES string of the molecule is N/C(=N/O)c1ccc2cnnn2c1. The van der Waals surface area contributed by atoms with Crippen molar-refractivity contribution in [2.75, 3.05) is 0 Å². The summed E-state index contributed by atoms with van der Waals surface area (Å²) in [5, 5.41) is 18.8. The van der Waals surface area contributed by atoms with Gasteiger partial charge in [0.05, 0.1) is 11.7 Å². The van der Waals surface area contributed by atoms with Crippen molar-refractivity contribution >= 4 is 11.4 Å². The van der Waals surface area contributed by atoms with Crippen LogP contribution in [0.2, 0.25) is 0 Å². The molecule has 2 aromatic rings. The number of nitrogens with two attached hydrogens (primary N) is 1. The smallest absolute Gasteiger partial charge is 0.171 e. The third kappa shape index (κ3) is 1.18. The van der Waals surface area contributed by atoms with E-state index in [2.05, 4.69) is 15.5 Å². The number of pyridine rings is 1. The van der Waals surface area contributed by atoms with Crippen molar-refractivity contribution in [3.63, 3.8) is 0 Å². The van der Waals surface area contributed by atoms with Gasteiger partial charge in [-0.2, -0.15) is 0 Å². The third-order valence-electron chi connectivity index (χ3n) is 1.70. The fraction of sp³-hybridized carbons (Fsp3) is 0. The predicted molar refractivity (Wildman–Crippen MR) is 45.5 cm³/mol. The topological polar surface area (TPSA) is 88.8 Å². The van der Waals surface area contributed by atoms with E-state index in [0.717, 1.165) is 5.52 Å². The summed E-state index contributed by atoms with van der Waals surface area (Å²) < 4.78 is 1.55. The van der Waals surface area contributed by atoms with Crippen LogP contribution in [0.3, 0.4) is 0 Å². The number of aromatic nitrogens is 3. The minimum Gasteiger partial charge on any atom is -0.409 e. The lowest BCUT2D eigenvalue weighted by atomic mass is 10.2. The summed E-state index contributed by atoms with van der Waals surface area (Å²) in [4.78, 5) is 0. The van der Waals surface area contributed by atoms with Gasteiger partial charge in [-0.1, -0.05) is 10.4 Å². The number of hydrogen-bond donors (Lipinski definition) is 2. The minimum atomic E-state index is 0.0531. The van der Waals surface area contributed by atoms with Crippen molar-refractivity contribution in [1.82, 2.24) is 14.8 Å². The molecule has 0 spiro atoms. The van der Waals surface area contributed by atoms with Gasteiger partial charge >= 0.3 is 0 Å². The predicted octanol–water partition coefficient (Wildman–Crippen LogP) is -0.176. The van der Waals surface area contributed by atoms with Crippen LogP contribution in [0.25, 0.3) is 5.52 Å². The summed E-state index contributed by atoms with van der Waals surface area (Å²) in [6.45, 7) is 0. The number of rotatable bonds is 1. The lowest BCUT2D eigenvalue weighted by Gasteiger charge is -1.97.